The Bertz CT molecular complexity index is 1040. The molecule has 1 aromatic heterocycles. The fourth-order valence-electron chi connectivity index (χ4n) is 3.15. The number of benzene rings is 1. The first-order chi connectivity index (χ1) is 13.8. The smallest absolute Gasteiger partial charge is 0.267 e. The largest absolute Gasteiger partial charge is 0.381 e. The van der Waals surface area contributed by atoms with Crippen LogP contribution in [0.5, 0.6) is 0 Å². The van der Waals surface area contributed by atoms with E-state index in [0.717, 1.165) is 12.1 Å². The summed E-state index contributed by atoms with van der Waals surface area (Å²) in [6, 6.07) is 8.13. The SMILES string of the molecule is N#Cc1ccc(C(=O)Cc2ccc(F)c(C3(C(F)F)CCC(=O)C(N)=N3)c2)nc1. The first-order valence-electron chi connectivity index (χ1n) is 8.62. The lowest BCUT2D eigenvalue weighted by atomic mass is 9.82. The molecular weight excluding hydrogens is 385 g/mol. The van der Waals surface area contributed by atoms with E-state index < -0.39 is 47.2 Å². The molecule has 1 aromatic carbocycles. The van der Waals surface area contributed by atoms with E-state index in [4.69, 9.17) is 11.0 Å². The Morgan fingerprint density at radius 1 is 1.31 bits per heavy atom. The molecule has 1 unspecified atom stereocenters. The van der Waals surface area contributed by atoms with Crippen LogP contribution in [0.1, 0.15) is 40.0 Å². The Morgan fingerprint density at radius 2 is 2.07 bits per heavy atom. The number of carbonyl (C=O) groups is 2. The summed E-state index contributed by atoms with van der Waals surface area (Å²) in [6.45, 7) is 0. The van der Waals surface area contributed by atoms with Gasteiger partial charge in [-0.1, -0.05) is 6.07 Å². The highest BCUT2D eigenvalue weighted by atomic mass is 19.3. The lowest BCUT2D eigenvalue weighted by molar-refractivity contribution is -0.114. The second kappa shape index (κ2) is 7.83. The fourth-order valence-corrected chi connectivity index (χ4v) is 3.15. The van der Waals surface area contributed by atoms with Gasteiger partial charge in [0.25, 0.3) is 6.43 Å². The van der Waals surface area contributed by atoms with Crippen molar-refractivity contribution in [2.24, 2.45) is 10.7 Å². The van der Waals surface area contributed by atoms with Gasteiger partial charge in [0.05, 0.1) is 5.56 Å². The van der Waals surface area contributed by atoms with Crippen LogP contribution in [0.25, 0.3) is 0 Å². The number of nitrogens with zero attached hydrogens (tertiary/aromatic N) is 3. The summed E-state index contributed by atoms with van der Waals surface area (Å²) < 4.78 is 42.3. The van der Waals surface area contributed by atoms with Gasteiger partial charge in [-0.25, -0.2) is 18.2 Å². The van der Waals surface area contributed by atoms with Crippen molar-refractivity contribution in [3.63, 3.8) is 0 Å². The second-order valence-electron chi connectivity index (χ2n) is 6.60. The quantitative estimate of drug-likeness (QED) is 0.776. The molecule has 9 heteroatoms. The minimum absolute atomic E-state index is 0.0870. The number of hydrogen-bond donors (Lipinski definition) is 1. The van der Waals surface area contributed by atoms with Gasteiger partial charge in [-0.3, -0.25) is 14.6 Å². The topological polar surface area (TPSA) is 109 Å². The fraction of sp³-hybridized carbons (Fsp3) is 0.250. The second-order valence-corrected chi connectivity index (χ2v) is 6.60. The molecule has 0 amide bonds. The molecule has 0 bridgehead atoms. The summed E-state index contributed by atoms with van der Waals surface area (Å²) in [5.41, 5.74) is 3.41. The number of amidine groups is 1. The number of aliphatic imine (C=N–C) groups is 1. The number of Topliss-reactive ketones (excluding diaryl/α,β-unsaturated/α-hetero) is 2. The number of carbonyl (C=O) groups excluding carboxylic acids is 2. The highest BCUT2D eigenvalue weighted by Crippen LogP contribution is 2.41. The molecule has 2 heterocycles. The Hall–Kier alpha value is -3.54. The average Bonchev–Trinajstić information content (AvgIpc) is 2.71. The van der Waals surface area contributed by atoms with Crippen LogP contribution in [0, 0.1) is 17.1 Å². The van der Waals surface area contributed by atoms with Crippen LogP contribution < -0.4 is 5.73 Å². The van der Waals surface area contributed by atoms with Crippen LogP contribution >= 0.6 is 0 Å². The Balaban J connectivity index is 1.96. The Kier molecular flexibility index (Phi) is 5.46. The predicted octanol–water partition coefficient (Wildman–Crippen LogP) is 2.70. The van der Waals surface area contributed by atoms with Gasteiger partial charge in [-0.2, -0.15) is 5.26 Å². The van der Waals surface area contributed by atoms with Gasteiger partial charge >= 0.3 is 0 Å². The third-order valence-electron chi connectivity index (χ3n) is 4.74. The summed E-state index contributed by atoms with van der Waals surface area (Å²) in [5, 5.41) is 8.77. The van der Waals surface area contributed by atoms with Crippen molar-refractivity contribution in [3.8, 4) is 6.07 Å². The number of nitriles is 1. The number of nitrogens with two attached hydrogens (primary N) is 1. The molecule has 2 N–H and O–H groups in total. The molecule has 3 rings (SSSR count). The number of alkyl halides is 2. The molecule has 0 aliphatic carbocycles. The molecule has 1 aliphatic heterocycles. The number of pyridine rings is 1. The highest BCUT2D eigenvalue weighted by molar-refractivity contribution is 6.38. The standard InChI is InChI=1S/C20H15F3N4O2/c21-14-3-1-11(8-17(29)15-4-2-12(9-24)10-26-15)7-13(14)20(19(22)23)6-5-16(28)18(25)27-20/h1-4,7,10,19H,5-6,8H2,(H2,25,27). The van der Waals surface area contributed by atoms with E-state index in [1.54, 1.807) is 0 Å². The minimum Gasteiger partial charge on any atom is -0.381 e. The number of aromatic nitrogens is 1. The van der Waals surface area contributed by atoms with Crippen molar-refractivity contribution in [1.82, 2.24) is 4.98 Å². The molecule has 1 atom stereocenters. The molecule has 0 saturated heterocycles. The van der Waals surface area contributed by atoms with E-state index in [9.17, 15) is 22.8 Å². The third-order valence-corrected chi connectivity index (χ3v) is 4.74. The summed E-state index contributed by atoms with van der Waals surface area (Å²) in [6.07, 6.45) is -2.75. The van der Waals surface area contributed by atoms with E-state index >= 15 is 0 Å². The van der Waals surface area contributed by atoms with Gasteiger partial charge in [0, 0.05) is 24.6 Å². The predicted molar refractivity (Wildman–Crippen MR) is 96.9 cm³/mol. The van der Waals surface area contributed by atoms with Crippen LogP contribution in [-0.2, 0) is 16.8 Å². The number of hydrogen-bond acceptors (Lipinski definition) is 6. The molecule has 6 nitrogen and oxygen atoms in total. The lowest BCUT2D eigenvalue weighted by Crippen LogP contribution is -2.42. The van der Waals surface area contributed by atoms with E-state index in [-0.39, 0.29) is 29.7 Å². The molecule has 2 aromatic rings. The van der Waals surface area contributed by atoms with Gasteiger partial charge in [-0.15, -0.1) is 0 Å². The van der Waals surface area contributed by atoms with Crippen molar-refractivity contribution < 1.29 is 22.8 Å². The monoisotopic (exact) mass is 400 g/mol. The number of rotatable bonds is 5. The van der Waals surface area contributed by atoms with Gasteiger partial charge in [0.2, 0.25) is 0 Å². The van der Waals surface area contributed by atoms with Gasteiger partial charge < -0.3 is 5.73 Å². The molecular formula is C20H15F3N4O2. The van der Waals surface area contributed by atoms with Crippen LogP contribution in [0.4, 0.5) is 13.2 Å². The number of ketones is 2. The van der Waals surface area contributed by atoms with Crippen molar-refractivity contribution >= 4 is 17.4 Å². The molecule has 0 spiro atoms. The van der Waals surface area contributed by atoms with Gasteiger partial charge in [-0.05, 0) is 36.2 Å². The number of halogens is 3. The molecule has 0 fully saturated rings. The summed E-state index contributed by atoms with van der Waals surface area (Å²) >= 11 is 0. The zero-order valence-corrected chi connectivity index (χ0v) is 15.0. The Labute approximate surface area is 163 Å². The van der Waals surface area contributed by atoms with Crippen molar-refractivity contribution in [3.05, 3.63) is 64.7 Å². The van der Waals surface area contributed by atoms with Crippen molar-refractivity contribution in [2.75, 3.05) is 0 Å². The first kappa shape index (κ1) is 20.2. The maximum absolute atomic E-state index is 14.5. The van der Waals surface area contributed by atoms with Crippen LogP contribution in [-0.4, -0.2) is 28.8 Å². The molecule has 0 radical (unpaired) electrons. The Morgan fingerprint density at radius 3 is 2.66 bits per heavy atom. The lowest BCUT2D eigenvalue weighted by Gasteiger charge is -2.33. The maximum atomic E-state index is 14.5. The van der Waals surface area contributed by atoms with E-state index in [2.05, 4.69) is 9.98 Å². The molecule has 148 valence electrons. The summed E-state index contributed by atoms with van der Waals surface area (Å²) in [4.78, 5) is 31.5. The van der Waals surface area contributed by atoms with Gasteiger partial charge in [0.15, 0.2) is 22.9 Å². The van der Waals surface area contributed by atoms with Crippen molar-refractivity contribution in [2.45, 2.75) is 31.2 Å². The average molecular weight is 400 g/mol. The minimum atomic E-state index is -3.10. The van der Waals surface area contributed by atoms with E-state index in [1.165, 1.54) is 24.4 Å². The normalized spacial score (nSPS) is 19.0. The van der Waals surface area contributed by atoms with Crippen LogP contribution in [0.15, 0.2) is 41.5 Å². The van der Waals surface area contributed by atoms with Crippen LogP contribution in [0.2, 0.25) is 0 Å². The molecule has 0 saturated carbocycles. The summed E-state index contributed by atoms with van der Waals surface area (Å²) in [5.74, 6) is -2.50. The first-order valence-corrected chi connectivity index (χ1v) is 8.62. The van der Waals surface area contributed by atoms with E-state index in [1.807, 2.05) is 6.07 Å². The van der Waals surface area contributed by atoms with Gasteiger partial charge in [0.1, 0.15) is 17.6 Å². The maximum Gasteiger partial charge on any atom is 0.267 e. The zero-order chi connectivity index (χ0) is 21.2. The van der Waals surface area contributed by atoms with Crippen molar-refractivity contribution in [1.29, 1.82) is 5.26 Å². The highest BCUT2D eigenvalue weighted by Gasteiger charge is 2.46. The summed E-state index contributed by atoms with van der Waals surface area (Å²) in [7, 11) is 0. The third kappa shape index (κ3) is 3.87. The molecule has 29 heavy (non-hydrogen) atoms. The molecule has 1 aliphatic rings. The van der Waals surface area contributed by atoms with E-state index in [0.29, 0.717) is 0 Å². The zero-order valence-electron chi connectivity index (χ0n) is 15.0. The van der Waals surface area contributed by atoms with Crippen LogP contribution in [0.3, 0.4) is 0 Å².